The van der Waals surface area contributed by atoms with E-state index in [2.05, 4.69) is 20.3 Å². The Morgan fingerprint density at radius 2 is 2.12 bits per heavy atom. The van der Waals surface area contributed by atoms with Crippen LogP contribution in [0.3, 0.4) is 0 Å². The highest BCUT2D eigenvalue weighted by Gasteiger charge is 2.30. The van der Waals surface area contributed by atoms with Crippen molar-refractivity contribution in [1.82, 2.24) is 19.5 Å². The molecule has 3 rings (SSSR count). The van der Waals surface area contributed by atoms with Gasteiger partial charge in [-0.05, 0) is 30.2 Å². The van der Waals surface area contributed by atoms with Gasteiger partial charge in [0.1, 0.15) is 6.61 Å². The van der Waals surface area contributed by atoms with E-state index in [1.165, 1.54) is 18.2 Å². The zero-order valence-corrected chi connectivity index (χ0v) is 14.3. The number of aromatic nitrogens is 4. The predicted molar refractivity (Wildman–Crippen MR) is 90.8 cm³/mol. The molecule has 1 aromatic carbocycles. The first-order valence-electron chi connectivity index (χ1n) is 7.52. The van der Waals surface area contributed by atoms with Crippen molar-refractivity contribution in [3.8, 4) is 0 Å². The molecule has 0 aliphatic rings. The van der Waals surface area contributed by atoms with Gasteiger partial charge in [-0.15, -0.1) is 0 Å². The van der Waals surface area contributed by atoms with Crippen molar-refractivity contribution < 1.29 is 13.9 Å². The van der Waals surface area contributed by atoms with Crippen LogP contribution >= 0.6 is 11.6 Å². The highest BCUT2D eigenvalue weighted by atomic mass is 35.5. The molecule has 0 amide bonds. The van der Waals surface area contributed by atoms with Gasteiger partial charge in [0.2, 0.25) is 5.28 Å². The molecule has 0 aliphatic carbocycles. The number of anilines is 1. The maximum Gasteiger partial charge on any atom is 0.295 e. The van der Waals surface area contributed by atoms with Crippen LogP contribution in [0.1, 0.15) is 24.1 Å². The molecule has 0 saturated heterocycles. The smallest absolute Gasteiger partial charge is 0.295 e. The first-order chi connectivity index (χ1) is 11.8. The average Bonchev–Trinajstić information content (AvgIpc) is 2.96. The van der Waals surface area contributed by atoms with E-state index in [-0.39, 0.29) is 16.9 Å². The molecular formula is C16H16ClF2N5O. The third kappa shape index (κ3) is 3.40. The van der Waals surface area contributed by atoms with Crippen LogP contribution in [0.2, 0.25) is 5.28 Å². The van der Waals surface area contributed by atoms with Crippen LogP contribution in [0.15, 0.2) is 30.6 Å². The van der Waals surface area contributed by atoms with Gasteiger partial charge in [0.25, 0.3) is 5.92 Å². The Kier molecular flexibility index (Phi) is 4.57. The van der Waals surface area contributed by atoms with E-state index in [9.17, 15) is 8.78 Å². The number of aliphatic hydroxyl groups is 1. The van der Waals surface area contributed by atoms with Crippen LogP contribution in [0, 0.1) is 0 Å². The highest BCUT2D eigenvalue weighted by Crippen LogP contribution is 2.30. The summed E-state index contributed by atoms with van der Waals surface area (Å²) in [5.41, 5.74) is 1.47. The minimum absolute atomic E-state index is 0.0614. The molecular weight excluding hydrogens is 352 g/mol. The first kappa shape index (κ1) is 17.5. The van der Waals surface area contributed by atoms with Crippen molar-refractivity contribution in [2.75, 3.05) is 11.9 Å². The van der Waals surface area contributed by atoms with E-state index < -0.39 is 12.5 Å². The van der Waals surface area contributed by atoms with Gasteiger partial charge in [-0.2, -0.15) is 18.7 Å². The topological polar surface area (TPSA) is 75.9 Å². The number of aryl methyl sites for hydroxylation is 1. The summed E-state index contributed by atoms with van der Waals surface area (Å²) in [7, 11) is 1.78. The van der Waals surface area contributed by atoms with Gasteiger partial charge in [0, 0.05) is 12.6 Å². The Bertz CT molecular complexity index is 915. The second kappa shape index (κ2) is 6.53. The Morgan fingerprint density at radius 1 is 1.36 bits per heavy atom. The third-order valence-corrected chi connectivity index (χ3v) is 4.06. The van der Waals surface area contributed by atoms with Crippen molar-refractivity contribution in [3.05, 3.63) is 47.0 Å². The van der Waals surface area contributed by atoms with Gasteiger partial charge < -0.3 is 15.0 Å². The normalized spacial score (nSPS) is 13.2. The molecule has 2 N–H and O–H groups in total. The van der Waals surface area contributed by atoms with Crippen molar-refractivity contribution in [2.45, 2.75) is 18.9 Å². The van der Waals surface area contributed by atoms with E-state index in [1.807, 2.05) is 0 Å². The van der Waals surface area contributed by atoms with Gasteiger partial charge in [-0.25, -0.2) is 4.98 Å². The number of imidazole rings is 1. The van der Waals surface area contributed by atoms with E-state index >= 15 is 0 Å². The number of nitrogens with zero attached hydrogens (tertiary/aromatic N) is 4. The summed E-state index contributed by atoms with van der Waals surface area (Å²) in [6, 6.07) is 5.53. The third-order valence-electron chi connectivity index (χ3n) is 3.89. The van der Waals surface area contributed by atoms with Crippen molar-refractivity contribution in [2.24, 2.45) is 7.05 Å². The lowest BCUT2D eigenvalue weighted by Crippen LogP contribution is -2.19. The first-order valence-corrected chi connectivity index (χ1v) is 7.90. The van der Waals surface area contributed by atoms with Crippen molar-refractivity contribution >= 4 is 28.6 Å². The second-order valence-electron chi connectivity index (χ2n) is 5.72. The van der Waals surface area contributed by atoms with E-state index in [1.54, 1.807) is 30.9 Å². The summed E-state index contributed by atoms with van der Waals surface area (Å²) in [5.74, 6) is -2.87. The average molecular weight is 368 g/mol. The van der Waals surface area contributed by atoms with Gasteiger partial charge >= 0.3 is 0 Å². The molecule has 0 unspecified atom stereocenters. The summed E-state index contributed by atoms with van der Waals surface area (Å²) in [5, 5.41) is 12.1. The summed E-state index contributed by atoms with van der Waals surface area (Å²) >= 11 is 5.96. The lowest BCUT2D eigenvalue weighted by Gasteiger charge is -2.19. The van der Waals surface area contributed by atoms with E-state index in [0.29, 0.717) is 22.5 Å². The fourth-order valence-corrected chi connectivity index (χ4v) is 2.66. The van der Waals surface area contributed by atoms with Crippen LogP contribution in [0.4, 0.5) is 14.6 Å². The molecule has 6 nitrogen and oxygen atoms in total. The number of benzene rings is 1. The van der Waals surface area contributed by atoms with Crippen LogP contribution < -0.4 is 5.32 Å². The minimum Gasteiger partial charge on any atom is -0.390 e. The number of hydrogen-bond acceptors (Lipinski definition) is 5. The number of halogens is 3. The lowest BCUT2D eigenvalue weighted by molar-refractivity contribution is -0.0556. The van der Waals surface area contributed by atoms with Gasteiger partial charge in [0.05, 0.1) is 12.4 Å². The zero-order valence-electron chi connectivity index (χ0n) is 13.5. The summed E-state index contributed by atoms with van der Waals surface area (Å²) in [6.07, 6.45) is 1.59. The number of nitrogens with one attached hydrogen (secondary N) is 1. The molecule has 3 aromatic rings. The van der Waals surface area contributed by atoms with Crippen molar-refractivity contribution in [1.29, 1.82) is 0 Å². The van der Waals surface area contributed by atoms with E-state index in [0.717, 1.165) is 0 Å². The van der Waals surface area contributed by atoms with Crippen LogP contribution in [0.5, 0.6) is 0 Å². The number of hydrogen-bond donors (Lipinski definition) is 2. The molecule has 1 atom stereocenters. The molecule has 25 heavy (non-hydrogen) atoms. The largest absolute Gasteiger partial charge is 0.390 e. The molecule has 0 bridgehead atoms. The molecule has 0 fully saturated rings. The lowest BCUT2D eigenvalue weighted by atomic mass is 10.0. The number of fused-ring (bicyclic) bond motifs is 1. The molecule has 132 valence electrons. The van der Waals surface area contributed by atoms with Gasteiger partial charge in [-0.3, -0.25) is 0 Å². The van der Waals surface area contributed by atoms with E-state index in [4.69, 9.17) is 16.7 Å². The SMILES string of the molecule is C[C@@H](Nc1nc(Cl)nc2c1ncn2C)c1cccc(C(F)(F)CO)c1. The van der Waals surface area contributed by atoms with Crippen LogP contribution in [-0.2, 0) is 13.0 Å². The number of aliphatic hydroxyl groups excluding tert-OH is 1. The van der Waals surface area contributed by atoms with Gasteiger partial charge in [-0.1, -0.05) is 18.2 Å². The summed E-state index contributed by atoms with van der Waals surface area (Å²) in [6.45, 7) is 0.565. The zero-order chi connectivity index (χ0) is 18.2. The summed E-state index contributed by atoms with van der Waals surface area (Å²) < 4.78 is 29.1. The fraction of sp³-hybridized carbons (Fsp3) is 0.312. The molecule has 2 aromatic heterocycles. The monoisotopic (exact) mass is 367 g/mol. The second-order valence-corrected chi connectivity index (χ2v) is 6.06. The molecule has 9 heteroatoms. The molecule has 2 heterocycles. The Balaban J connectivity index is 1.93. The highest BCUT2D eigenvalue weighted by molar-refractivity contribution is 6.28. The number of alkyl halides is 2. The van der Waals surface area contributed by atoms with Crippen LogP contribution in [-0.4, -0.2) is 31.2 Å². The molecule has 0 radical (unpaired) electrons. The fourth-order valence-electron chi connectivity index (χ4n) is 2.50. The Labute approximate surface area is 147 Å². The standard InChI is InChI=1S/C16H16ClF2N5O/c1-9(10-4-3-5-11(6-10)16(18,19)7-25)21-13-12-14(23-15(17)22-13)24(2)8-20-12/h3-6,8-9,25H,7H2,1-2H3,(H,21,22,23)/t9-/m1/s1. The molecule has 0 aliphatic heterocycles. The Morgan fingerprint density at radius 3 is 2.84 bits per heavy atom. The van der Waals surface area contributed by atoms with Crippen LogP contribution in [0.25, 0.3) is 11.2 Å². The maximum absolute atomic E-state index is 13.7. The predicted octanol–water partition coefficient (Wildman–Crippen LogP) is 3.27. The molecule has 0 spiro atoms. The molecule has 0 saturated carbocycles. The minimum atomic E-state index is -3.29. The van der Waals surface area contributed by atoms with Gasteiger partial charge in [0.15, 0.2) is 17.0 Å². The van der Waals surface area contributed by atoms with Crippen molar-refractivity contribution in [3.63, 3.8) is 0 Å². The summed E-state index contributed by atoms with van der Waals surface area (Å²) in [4.78, 5) is 12.5. The maximum atomic E-state index is 13.7. The Hall–Kier alpha value is -2.32. The number of rotatable bonds is 5. The quantitative estimate of drug-likeness (QED) is 0.677.